The van der Waals surface area contributed by atoms with Crippen molar-refractivity contribution in [1.82, 2.24) is 0 Å². The molecule has 0 radical (unpaired) electrons. The van der Waals surface area contributed by atoms with Gasteiger partial charge in [0, 0.05) is 20.9 Å². The number of ketones is 1. The van der Waals surface area contributed by atoms with Crippen LogP contribution >= 0.6 is 11.3 Å². The molecule has 1 heterocycles. The lowest BCUT2D eigenvalue weighted by Crippen LogP contribution is -2.14. The summed E-state index contributed by atoms with van der Waals surface area (Å²) in [4.78, 5) is 14.9. The van der Waals surface area contributed by atoms with Gasteiger partial charge in [0.15, 0.2) is 5.78 Å². The van der Waals surface area contributed by atoms with E-state index >= 15 is 0 Å². The number of fused-ring (bicyclic) bond motifs is 1. The van der Waals surface area contributed by atoms with Crippen LogP contribution in [0.3, 0.4) is 0 Å². The van der Waals surface area contributed by atoms with Crippen molar-refractivity contribution in [2.75, 3.05) is 7.11 Å². The van der Waals surface area contributed by atoms with Crippen molar-refractivity contribution >= 4 is 23.2 Å². The van der Waals surface area contributed by atoms with Gasteiger partial charge in [0.25, 0.3) is 0 Å². The number of hydrogen-bond acceptors (Lipinski definition) is 3. The molecule has 1 aromatic carbocycles. The maximum Gasteiger partial charge on any atom is 0.189 e. The van der Waals surface area contributed by atoms with Crippen LogP contribution in [0.2, 0.25) is 0 Å². The quantitative estimate of drug-likeness (QED) is 0.769. The Morgan fingerprint density at radius 1 is 1.20 bits per heavy atom. The van der Waals surface area contributed by atoms with Crippen molar-refractivity contribution in [1.29, 1.82) is 0 Å². The summed E-state index contributed by atoms with van der Waals surface area (Å²) < 4.78 is 5.22. The van der Waals surface area contributed by atoms with Crippen molar-refractivity contribution in [3.63, 3.8) is 0 Å². The first-order valence-electron chi connectivity index (χ1n) is 6.66. The largest absolute Gasteiger partial charge is 0.497 e. The molecule has 0 saturated carbocycles. The average Bonchev–Trinajstić information content (AvgIpc) is 2.87. The van der Waals surface area contributed by atoms with Crippen LogP contribution in [-0.4, -0.2) is 12.9 Å². The highest BCUT2D eigenvalue weighted by Gasteiger charge is 2.22. The minimum Gasteiger partial charge on any atom is -0.497 e. The molecule has 0 saturated heterocycles. The highest BCUT2D eigenvalue weighted by atomic mass is 32.1. The van der Waals surface area contributed by atoms with Crippen LogP contribution in [0.4, 0.5) is 0 Å². The molecule has 3 heteroatoms. The molecule has 0 fully saturated rings. The molecule has 3 rings (SSSR count). The highest BCUT2D eigenvalue weighted by Crippen LogP contribution is 2.30. The second kappa shape index (κ2) is 5.25. The van der Waals surface area contributed by atoms with Gasteiger partial charge in [0.2, 0.25) is 0 Å². The topological polar surface area (TPSA) is 26.3 Å². The molecule has 0 aliphatic heterocycles. The molecule has 20 heavy (non-hydrogen) atoms. The monoisotopic (exact) mass is 284 g/mol. The predicted octanol–water partition coefficient (Wildman–Crippen LogP) is 4.28. The summed E-state index contributed by atoms with van der Waals surface area (Å²) in [6, 6.07) is 9.87. The van der Waals surface area contributed by atoms with Crippen molar-refractivity contribution in [2.45, 2.75) is 19.8 Å². The van der Waals surface area contributed by atoms with E-state index in [0.717, 1.165) is 40.2 Å². The van der Waals surface area contributed by atoms with E-state index in [-0.39, 0.29) is 5.78 Å². The molecule has 1 aliphatic carbocycles. The van der Waals surface area contributed by atoms with Gasteiger partial charge in [0.1, 0.15) is 5.75 Å². The third-order valence-corrected chi connectivity index (χ3v) is 4.54. The Kier molecular flexibility index (Phi) is 3.45. The van der Waals surface area contributed by atoms with Gasteiger partial charge in [-0.25, -0.2) is 0 Å². The lowest BCUT2D eigenvalue weighted by Gasteiger charge is -2.18. The van der Waals surface area contributed by atoms with Crippen LogP contribution in [0.5, 0.6) is 5.75 Å². The molecule has 0 amide bonds. The SMILES string of the molecule is COc1ccc2c(c1)CC/C(=C\c1ccc(C)s1)C2=O. The first-order chi connectivity index (χ1) is 9.67. The highest BCUT2D eigenvalue weighted by molar-refractivity contribution is 7.12. The number of carbonyl (C=O) groups excluding carboxylic acids is 1. The fourth-order valence-corrected chi connectivity index (χ4v) is 3.37. The van der Waals surface area contributed by atoms with E-state index in [1.54, 1.807) is 18.4 Å². The normalized spacial score (nSPS) is 16.3. The summed E-state index contributed by atoms with van der Waals surface area (Å²) in [5.74, 6) is 0.970. The van der Waals surface area contributed by atoms with E-state index in [4.69, 9.17) is 4.74 Å². The molecule has 2 nitrogen and oxygen atoms in total. The van der Waals surface area contributed by atoms with Gasteiger partial charge >= 0.3 is 0 Å². The zero-order valence-corrected chi connectivity index (χ0v) is 12.4. The first kappa shape index (κ1) is 13.1. The second-order valence-corrected chi connectivity index (χ2v) is 6.29. The number of allylic oxidation sites excluding steroid dienone is 1. The third-order valence-electron chi connectivity index (χ3n) is 3.59. The fraction of sp³-hybridized carbons (Fsp3) is 0.235. The van der Waals surface area contributed by atoms with E-state index in [1.165, 1.54) is 4.88 Å². The van der Waals surface area contributed by atoms with Gasteiger partial charge in [-0.2, -0.15) is 0 Å². The first-order valence-corrected chi connectivity index (χ1v) is 7.47. The van der Waals surface area contributed by atoms with E-state index in [9.17, 15) is 4.79 Å². The van der Waals surface area contributed by atoms with Crippen molar-refractivity contribution in [3.05, 3.63) is 56.8 Å². The average molecular weight is 284 g/mol. The predicted molar refractivity (Wildman–Crippen MR) is 82.7 cm³/mol. The van der Waals surface area contributed by atoms with E-state index in [2.05, 4.69) is 19.1 Å². The molecule has 102 valence electrons. The standard InChI is InChI=1S/C17H16O2S/c1-11-3-7-15(20-11)10-13-5-4-12-9-14(19-2)6-8-16(12)17(13)18/h3,6-10H,4-5H2,1-2H3/b13-10+. The lowest BCUT2D eigenvalue weighted by molar-refractivity contribution is 0.102. The molecular formula is C17H16O2S. The molecule has 0 bridgehead atoms. The summed E-state index contributed by atoms with van der Waals surface area (Å²) in [5, 5.41) is 0. The summed E-state index contributed by atoms with van der Waals surface area (Å²) in [7, 11) is 1.65. The molecule has 0 atom stereocenters. The van der Waals surface area contributed by atoms with Gasteiger partial charge < -0.3 is 4.74 Å². The number of methoxy groups -OCH3 is 1. The van der Waals surface area contributed by atoms with Gasteiger partial charge in [-0.15, -0.1) is 11.3 Å². The minimum absolute atomic E-state index is 0.153. The summed E-state index contributed by atoms with van der Waals surface area (Å²) >= 11 is 1.72. The number of rotatable bonds is 2. The Hall–Kier alpha value is -1.87. The molecule has 0 N–H and O–H groups in total. The van der Waals surface area contributed by atoms with E-state index < -0.39 is 0 Å². The zero-order valence-electron chi connectivity index (χ0n) is 11.6. The summed E-state index contributed by atoms with van der Waals surface area (Å²) in [5.41, 5.74) is 2.81. The smallest absolute Gasteiger partial charge is 0.189 e. The van der Waals surface area contributed by atoms with Crippen LogP contribution in [0.1, 0.15) is 32.1 Å². The molecule has 0 unspecified atom stereocenters. The molecule has 1 aliphatic rings. The van der Waals surface area contributed by atoms with Gasteiger partial charge in [-0.05, 0) is 61.7 Å². The molecule has 0 spiro atoms. The number of benzene rings is 1. The van der Waals surface area contributed by atoms with Crippen molar-refractivity contribution in [3.8, 4) is 5.75 Å². The van der Waals surface area contributed by atoms with Crippen molar-refractivity contribution < 1.29 is 9.53 Å². The van der Waals surface area contributed by atoms with Gasteiger partial charge in [0.05, 0.1) is 7.11 Å². The minimum atomic E-state index is 0.153. The molecule has 2 aromatic rings. The van der Waals surface area contributed by atoms with E-state index in [0.29, 0.717) is 0 Å². The number of aryl methyl sites for hydroxylation is 2. The van der Waals surface area contributed by atoms with Crippen LogP contribution < -0.4 is 4.74 Å². The van der Waals surface area contributed by atoms with Crippen LogP contribution in [0.15, 0.2) is 35.9 Å². The summed E-state index contributed by atoms with van der Waals surface area (Å²) in [6.45, 7) is 2.08. The number of carbonyl (C=O) groups is 1. The van der Waals surface area contributed by atoms with E-state index in [1.807, 2.05) is 24.3 Å². The lowest BCUT2D eigenvalue weighted by atomic mass is 9.86. The number of Topliss-reactive ketones (excluding diaryl/α,β-unsaturated/α-hetero) is 1. The maximum absolute atomic E-state index is 12.5. The zero-order chi connectivity index (χ0) is 14.1. The number of thiophene rings is 1. The van der Waals surface area contributed by atoms with Gasteiger partial charge in [-0.3, -0.25) is 4.79 Å². The second-order valence-electron chi connectivity index (χ2n) is 4.97. The number of ether oxygens (including phenoxy) is 1. The third kappa shape index (κ3) is 2.41. The number of hydrogen-bond donors (Lipinski definition) is 0. The Bertz CT molecular complexity index is 695. The Morgan fingerprint density at radius 2 is 2.05 bits per heavy atom. The Morgan fingerprint density at radius 3 is 2.75 bits per heavy atom. The Balaban J connectivity index is 1.95. The Labute approximate surface area is 122 Å². The van der Waals surface area contributed by atoms with Crippen LogP contribution in [0.25, 0.3) is 6.08 Å². The molecular weight excluding hydrogens is 268 g/mol. The maximum atomic E-state index is 12.5. The molecule has 1 aromatic heterocycles. The fourth-order valence-electron chi connectivity index (χ4n) is 2.52. The van der Waals surface area contributed by atoms with Crippen LogP contribution in [-0.2, 0) is 6.42 Å². The van der Waals surface area contributed by atoms with Gasteiger partial charge in [-0.1, -0.05) is 0 Å². The van der Waals surface area contributed by atoms with Crippen molar-refractivity contribution in [2.24, 2.45) is 0 Å². The van der Waals surface area contributed by atoms with Crippen LogP contribution in [0, 0.1) is 6.92 Å². The summed E-state index contributed by atoms with van der Waals surface area (Å²) in [6.07, 6.45) is 3.73.